The van der Waals surface area contributed by atoms with Gasteiger partial charge in [-0.15, -0.1) is 0 Å². The van der Waals surface area contributed by atoms with Crippen molar-refractivity contribution in [3.05, 3.63) is 60.3 Å². The first-order valence-corrected chi connectivity index (χ1v) is 16.6. The number of hydrogen-bond acceptors (Lipinski definition) is 6. The fourth-order valence-electron chi connectivity index (χ4n) is 4.70. The fraction of sp³-hybridized carbons (Fsp3) is 0.543. The van der Waals surface area contributed by atoms with Gasteiger partial charge in [0.25, 0.3) is 5.19 Å². The summed E-state index contributed by atoms with van der Waals surface area (Å²) < 4.78 is 17.5. The van der Waals surface area contributed by atoms with Crippen LogP contribution in [0.15, 0.2) is 54.7 Å². The average molecular weight is 580 g/mol. The Hall–Kier alpha value is -2.86. The third-order valence-electron chi connectivity index (χ3n) is 7.20. The molecule has 0 saturated heterocycles. The largest absolute Gasteiger partial charge is 0.491 e. The molecule has 2 aromatic carbocycles. The van der Waals surface area contributed by atoms with Crippen molar-refractivity contribution >= 4 is 17.3 Å². The van der Waals surface area contributed by atoms with E-state index in [9.17, 15) is 4.79 Å². The molecule has 0 N–H and O–H groups in total. The van der Waals surface area contributed by atoms with Gasteiger partial charge in [-0.3, -0.25) is 0 Å². The van der Waals surface area contributed by atoms with Crippen LogP contribution in [0.2, 0.25) is 0 Å². The predicted molar refractivity (Wildman–Crippen MR) is 171 cm³/mol. The molecule has 0 spiro atoms. The lowest BCUT2D eigenvalue weighted by Gasteiger charge is -2.15. The van der Waals surface area contributed by atoms with E-state index in [0.29, 0.717) is 23.1 Å². The Morgan fingerprint density at radius 1 is 0.756 bits per heavy atom. The van der Waals surface area contributed by atoms with Crippen LogP contribution >= 0.6 is 11.3 Å². The van der Waals surface area contributed by atoms with Crippen LogP contribution in [-0.4, -0.2) is 23.7 Å². The Labute approximate surface area is 251 Å². The summed E-state index contributed by atoms with van der Waals surface area (Å²) in [4.78, 5) is 18.1. The van der Waals surface area contributed by atoms with Crippen LogP contribution in [0, 0.1) is 0 Å². The predicted octanol–water partition coefficient (Wildman–Crippen LogP) is 10.7. The van der Waals surface area contributed by atoms with Gasteiger partial charge in [0.05, 0.1) is 23.2 Å². The van der Waals surface area contributed by atoms with E-state index in [0.717, 1.165) is 29.0 Å². The Bertz CT molecular complexity index is 1110. The molecular weight excluding hydrogens is 530 g/mol. The minimum Gasteiger partial charge on any atom is -0.491 e. The summed E-state index contributed by atoms with van der Waals surface area (Å²) in [6, 6.07) is 14.7. The molecule has 1 aromatic heterocycles. The van der Waals surface area contributed by atoms with E-state index in [1.165, 1.54) is 88.4 Å². The van der Waals surface area contributed by atoms with E-state index >= 15 is 0 Å². The van der Waals surface area contributed by atoms with E-state index in [4.69, 9.17) is 14.2 Å². The number of rotatable bonds is 21. The zero-order valence-corrected chi connectivity index (χ0v) is 26.2. The van der Waals surface area contributed by atoms with Gasteiger partial charge in [0.15, 0.2) is 0 Å². The van der Waals surface area contributed by atoms with Crippen molar-refractivity contribution in [3.63, 3.8) is 0 Å². The van der Waals surface area contributed by atoms with Gasteiger partial charge in [0, 0.05) is 6.20 Å². The molecule has 0 fully saturated rings. The van der Waals surface area contributed by atoms with Crippen LogP contribution < -0.4 is 14.2 Å². The Morgan fingerprint density at radius 3 is 2.00 bits per heavy atom. The second-order valence-corrected chi connectivity index (χ2v) is 11.9. The van der Waals surface area contributed by atoms with Gasteiger partial charge in [-0.05, 0) is 68.1 Å². The highest BCUT2D eigenvalue weighted by molar-refractivity contribution is 7.16. The first-order chi connectivity index (χ1) is 20.1. The summed E-state index contributed by atoms with van der Waals surface area (Å²) in [6.45, 7) is 7.28. The van der Waals surface area contributed by atoms with Crippen LogP contribution in [0.25, 0.3) is 10.4 Å². The number of thiazole rings is 1. The Morgan fingerprint density at radius 2 is 1.34 bits per heavy atom. The molecule has 224 valence electrons. The van der Waals surface area contributed by atoms with Crippen molar-refractivity contribution in [2.45, 2.75) is 117 Å². The molecular formula is C35H49NO4S. The van der Waals surface area contributed by atoms with Crippen LogP contribution in [0.3, 0.4) is 0 Å². The molecule has 41 heavy (non-hydrogen) atoms. The van der Waals surface area contributed by atoms with E-state index in [-0.39, 0.29) is 12.1 Å². The number of esters is 1. The summed E-state index contributed by atoms with van der Waals surface area (Å²) in [7, 11) is 0. The molecule has 0 radical (unpaired) electrons. The first-order valence-electron chi connectivity index (χ1n) is 15.8. The topological polar surface area (TPSA) is 57.7 Å². The Balaban J connectivity index is 1.37. The van der Waals surface area contributed by atoms with Crippen molar-refractivity contribution < 1.29 is 19.0 Å². The molecule has 0 aliphatic rings. The van der Waals surface area contributed by atoms with E-state index in [2.05, 4.69) is 25.8 Å². The standard InChI is InChI=1S/C35H49NO4S/c1-4-6-8-10-11-12-13-14-16-26-38-35-36-27-33(41-35)29-18-20-30(21-19-29)34(37)40-32-24-22-31(23-25-32)39-28(3)17-15-9-7-5-2/h18-25,27-28H,4-17,26H2,1-3H3/t28-/m0/s1. The molecule has 1 atom stereocenters. The van der Waals surface area contributed by atoms with Crippen molar-refractivity contribution in [2.75, 3.05) is 6.61 Å². The van der Waals surface area contributed by atoms with Gasteiger partial charge in [0.1, 0.15) is 11.5 Å². The van der Waals surface area contributed by atoms with Gasteiger partial charge < -0.3 is 14.2 Å². The third-order valence-corrected chi connectivity index (χ3v) is 8.16. The average Bonchev–Trinajstić information content (AvgIpc) is 3.46. The summed E-state index contributed by atoms with van der Waals surface area (Å²) in [5, 5.41) is 0.696. The van der Waals surface area contributed by atoms with E-state index in [1.54, 1.807) is 24.3 Å². The number of ether oxygens (including phenoxy) is 3. The highest BCUT2D eigenvalue weighted by Gasteiger charge is 2.12. The van der Waals surface area contributed by atoms with Crippen molar-refractivity contribution in [3.8, 4) is 27.1 Å². The highest BCUT2D eigenvalue weighted by Crippen LogP contribution is 2.31. The SMILES string of the molecule is CCCCCCCCCCCOc1ncc(-c2ccc(C(=O)Oc3ccc(O[C@@H](C)CCCCCC)cc3)cc2)s1. The molecule has 3 aromatic rings. The highest BCUT2D eigenvalue weighted by atomic mass is 32.1. The molecule has 0 unspecified atom stereocenters. The molecule has 0 amide bonds. The first kappa shape index (κ1) is 32.7. The van der Waals surface area contributed by atoms with Crippen molar-refractivity contribution in [1.29, 1.82) is 0 Å². The summed E-state index contributed by atoms with van der Waals surface area (Å²) in [5.74, 6) is 0.903. The number of carbonyl (C=O) groups is 1. The number of benzene rings is 2. The van der Waals surface area contributed by atoms with E-state index < -0.39 is 0 Å². The lowest BCUT2D eigenvalue weighted by molar-refractivity contribution is 0.0734. The van der Waals surface area contributed by atoms with Gasteiger partial charge in [-0.25, -0.2) is 9.78 Å². The molecule has 0 bridgehead atoms. The van der Waals surface area contributed by atoms with E-state index in [1.807, 2.05) is 30.5 Å². The van der Waals surface area contributed by atoms with Crippen LogP contribution in [0.1, 0.15) is 121 Å². The molecule has 0 aliphatic carbocycles. The fourth-order valence-corrected chi connectivity index (χ4v) is 5.50. The molecule has 0 aliphatic heterocycles. The lowest BCUT2D eigenvalue weighted by atomic mass is 10.1. The van der Waals surface area contributed by atoms with Crippen LogP contribution in [0.5, 0.6) is 16.7 Å². The molecule has 3 rings (SSSR count). The number of unbranched alkanes of at least 4 members (excludes halogenated alkanes) is 11. The molecule has 0 saturated carbocycles. The van der Waals surface area contributed by atoms with Crippen LogP contribution in [0.4, 0.5) is 0 Å². The van der Waals surface area contributed by atoms with Crippen LogP contribution in [-0.2, 0) is 0 Å². The maximum Gasteiger partial charge on any atom is 0.343 e. The molecule has 1 heterocycles. The number of aromatic nitrogens is 1. The summed E-state index contributed by atoms with van der Waals surface area (Å²) in [6.07, 6.45) is 19.6. The van der Waals surface area contributed by atoms with Gasteiger partial charge in [0.2, 0.25) is 0 Å². The minimum absolute atomic E-state index is 0.166. The summed E-state index contributed by atoms with van der Waals surface area (Å²) >= 11 is 1.53. The second kappa shape index (κ2) is 19.3. The minimum atomic E-state index is -0.385. The maximum atomic E-state index is 12.7. The third kappa shape index (κ3) is 12.7. The normalized spacial score (nSPS) is 11.8. The quantitative estimate of drug-likeness (QED) is 0.0713. The molecule has 5 nitrogen and oxygen atoms in total. The summed E-state index contributed by atoms with van der Waals surface area (Å²) in [5.41, 5.74) is 1.50. The maximum absolute atomic E-state index is 12.7. The van der Waals surface area contributed by atoms with Gasteiger partial charge in [-0.1, -0.05) is 108 Å². The number of hydrogen-bond donors (Lipinski definition) is 0. The number of carbonyl (C=O) groups excluding carboxylic acids is 1. The number of nitrogens with zero attached hydrogens (tertiary/aromatic N) is 1. The zero-order chi connectivity index (χ0) is 29.1. The lowest BCUT2D eigenvalue weighted by Crippen LogP contribution is -2.11. The smallest absolute Gasteiger partial charge is 0.343 e. The zero-order valence-electron chi connectivity index (χ0n) is 25.4. The Kier molecular flexibility index (Phi) is 15.4. The van der Waals surface area contributed by atoms with Crippen molar-refractivity contribution in [2.24, 2.45) is 0 Å². The molecule has 6 heteroatoms. The monoisotopic (exact) mass is 579 g/mol. The van der Waals surface area contributed by atoms with Gasteiger partial charge in [-0.2, -0.15) is 0 Å². The van der Waals surface area contributed by atoms with Crippen molar-refractivity contribution in [1.82, 2.24) is 4.98 Å². The van der Waals surface area contributed by atoms with Gasteiger partial charge >= 0.3 is 5.97 Å². The second-order valence-electron chi connectivity index (χ2n) is 10.9.